The van der Waals surface area contributed by atoms with Gasteiger partial charge in [-0.25, -0.2) is 4.90 Å². The lowest BCUT2D eigenvalue weighted by molar-refractivity contribution is -0.143. The first-order chi connectivity index (χ1) is 20.6. The van der Waals surface area contributed by atoms with E-state index in [2.05, 4.69) is 0 Å². The zero-order chi connectivity index (χ0) is 32.1. The zero-order valence-electron chi connectivity index (χ0n) is 23.9. The molecule has 0 unspecified atom stereocenters. The predicted octanol–water partition coefficient (Wildman–Crippen LogP) is 7.02. The van der Waals surface area contributed by atoms with Gasteiger partial charge in [0.15, 0.2) is 0 Å². The van der Waals surface area contributed by atoms with Crippen molar-refractivity contribution in [2.24, 2.45) is 17.8 Å². The van der Waals surface area contributed by atoms with E-state index < -0.39 is 72.0 Å². The summed E-state index contributed by atoms with van der Waals surface area (Å²) in [5, 5.41) is 20.4. The van der Waals surface area contributed by atoms with Gasteiger partial charge in [-0.3, -0.25) is 9.59 Å². The Hall–Kier alpha value is -3.58. The molecule has 2 aromatic rings. The van der Waals surface area contributed by atoms with E-state index in [1.165, 1.54) is 0 Å². The monoisotopic (exact) mass is 621 g/mol. The smallest absolute Gasteiger partial charge is 0.455 e. The molecule has 0 bridgehead atoms. The third-order valence-electron chi connectivity index (χ3n) is 8.71. The van der Waals surface area contributed by atoms with E-state index in [-0.39, 0.29) is 24.6 Å². The number of carbonyl (C=O) groups excluding carboxylic acids is 2. The summed E-state index contributed by atoms with van der Waals surface area (Å²) in [7, 11) is -1.29. The van der Waals surface area contributed by atoms with Crippen LogP contribution in [0.2, 0.25) is 6.32 Å². The van der Waals surface area contributed by atoms with Crippen molar-refractivity contribution >= 4 is 30.7 Å². The average Bonchev–Trinajstić information content (AvgIpc) is 3.18. The van der Waals surface area contributed by atoms with Crippen LogP contribution < -0.4 is 4.90 Å². The Kier molecular flexibility index (Phi) is 8.49. The van der Waals surface area contributed by atoms with Crippen LogP contribution in [0.25, 0.3) is 6.08 Å². The number of hydrogen-bond acceptors (Lipinski definition) is 5. The van der Waals surface area contributed by atoms with E-state index >= 15 is 0 Å². The van der Waals surface area contributed by atoms with Crippen LogP contribution in [0.5, 0.6) is 5.75 Å². The molecule has 2 aliphatic heterocycles. The van der Waals surface area contributed by atoms with Crippen LogP contribution in [0.1, 0.15) is 56.2 Å². The SMILES string of the molecule is CC/C(=C\c1cccc(O)c1)CC[C@H]1OB(O)C[C@H]2C1=C(C)C[C@H]1C(=O)N(c3cc(C(F)(F)F)cc(C(F)(F)F)c3)C(=O)[C@H]12. The number of imide groups is 1. The minimum Gasteiger partial charge on any atom is -0.508 e. The van der Waals surface area contributed by atoms with Gasteiger partial charge in [-0.1, -0.05) is 36.3 Å². The fourth-order valence-corrected chi connectivity index (χ4v) is 6.76. The highest BCUT2D eigenvalue weighted by Gasteiger charge is 2.57. The lowest BCUT2D eigenvalue weighted by Gasteiger charge is -2.42. The molecule has 234 valence electrons. The minimum atomic E-state index is -5.15. The Morgan fingerprint density at radius 1 is 1.02 bits per heavy atom. The molecule has 2 saturated heterocycles. The van der Waals surface area contributed by atoms with Crippen molar-refractivity contribution < 1.29 is 50.7 Å². The molecule has 4 atom stereocenters. The van der Waals surface area contributed by atoms with E-state index in [0.29, 0.717) is 36.3 Å². The third-order valence-corrected chi connectivity index (χ3v) is 8.71. The molecule has 0 radical (unpaired) electrons. The summed E-state index contributed by atoms with van der Waals surface area (Å²) in [6, 6.07) is 7.47. The molecule has 2 heterocycles. The normalized spacial score (nSPS) is 24.6. The number of amides is 2. The van der Waals surface area contributed by atoms with E-state index in [1.54, 1.807) is 25.1 Å². The summed E-state index contributed by atoms with van der Waals surface area (Å²) in [6.45, 7) is 3.74. The molecule has 1 aliphatic carbocycles. The van der Waals surface area contributed by atoms with Gasteiger partial charge in [-0.2, -0.15) is 26.3 Å². The predicted molar refractivity (Wildman–Crippen MR) is 150 cm³/mol. The third kappa shape index (κ3) is 6.17. The van der Waals surface area contributed by atoms with Crippen LogP contribution in [0, 0.1) is 17.8 Å². The van der Waals surface area contributed by atoms with E-state index in [9.17, 15) is 46.1 Å². The number of hydrogen-bond donors (Lipinski definition) is 2. The fraction of sp³-hybridized carbons (Fsp3) is 0.419. The Labute approximate surface area is 250 Å². The van der Waals surface area contributed by atoms with E-state index in [4.69, 9.17) is 4.65 Å². The van der Waals surface area contributed by atoms with Gasteiger partial charge in [0.05, 0.1) is 34.8 Å². The molecule has 2 N–H and O–H groups in total. The number of phenolic OH excluding ortho intramolecular Hbond substituents is 1. The van der Waals surface area contributed by atoms with Crippen molar-refractivity contribution in [3.8, 4) is 5.75 Å². The lowest BCUT2D eigenvalue weighted by atomic mass is 9.59. The number of phenols is 1. The number of benzene rings is 2. The Morgan fingerprint density at radius 2 is 1.68 bits per heavy atom. The van der Waals surface area contributed by atoms with Crippen molar-refractivity contribution in [1.29, 1.82) is 0 Å². The summed E-state index contributed by atoms with van der Waals surface area (Å²) in [5.41, 5.74) is -0.729. The number of halogens is 6. The first-order valence-electron chi connectivity index (χ1n) is 14.3. The standard InChI is InChI=1S/C31H30BF6NO5/c1-3-17(10-18-5-4-6-22(40)11-18)7-8-25-26-16(2)9-23-27(24(26)15-32(43)44-25)29(42)39(28(23)41)21-13-19(30(33,34)35)12-20(14-21)31(36,37)38/h4-6,10-14,23-25,27,40,43H,3,7-9,15H2,1-2H3/b17-10+/t23-,24+,25-,27-/m1/s1. The second kappa shape index (κ2) is 11.7. The molecule has 0 spiro atoms. The van der Waals surface area contributed by atoms with Crippen molar-refractivity contribution in [2.75, 3.05) is 4.90 Å². The largest absolute Gasteiger partial charge is 0.508 e. The molecule has 2 amide bonds. The molecular weight excluding hydrogens is 591 g/mol. The molecular formula is C31H30BF6NO5. The Balaban J connectivity index is 1.44. The van der Waals surface area contributed by atoms with Gasteiger partial charge < -0.3 is 14.8 Å². The van der Waals surface area contributed by atoms with Crippen LogP contribution >= 0.6 is 0 Å². The van der Waals surface area contributed by atoms with E-state index in [0.717, 1.165) is 22.3 Å². The molecule has 0 aromatic heterocycles. The summed E-state index contributed by atoms with van der Waals surface area (Å²) >= 11 is 0. The quantitative estimate of drug-likeness (QED) is 0.157. The van der Waals surface area contributed by atoms with Gasteiger partial charge in [-0.15, -0.1) is 0 Å². The van der Waals surface area contributed by atoms with Gasteiger partial charge in [0.1, 0.15) is 5.75 Å². The van der Waals surface area contributed by atoms with Crippen LogP contribution in [-0.2, 0) is 26.6 Å². The summed E-state index contributed by atoms with van der Waals surface area (Å²) < 4.78 is 87.2. The summed E-state index contributed by atoms with van der Waals surface area (Å²) in [4.78, 5) is 27.7. The van der Waals surface area contributed by atoms with Crippen LogP contribution in [0.4, 0.5) is 32.0 Å². The highest BCUT2D eigenvalue weighted by atomic mass is 19.4. The molecule has 0 saturated carbocycles. The maximum atomic E-state index is 13.8. The first-order valence-corrected chi connectivity index (χ1v) is 14.3. The molecule has 2 aromatic carbocycles. The number of aromatic hydroxyl groups is 1. The number of rotatable bonds is 6. The van der Waals surface area contributed by atoms with Crippen molar-refractivity contribution in [3.63, 3.8) is 0 Å². The molecule has 44 heavy (non-hydrogen) atoms. The van der Waals surface area contributed by atoms with Crippen molar-refractivity contribution in [1.82, 2.24) is 0 Å². The second-order valence-electron chi connectivity index (χ2n) is 11.6. The number of anilines is 1. The number of nitrogens with zero attached hydrogens (tertiary/aromatic N) is 1. The Morgan fingerprint density at radius 3 is 2.27 bits per heavy atom. The average molecular weight is 621 g/mol. The van der Waals surface area contributed by atoms with Gasteiger partial charge in [0.2, 0.25) is 11.8 Å². The molecule has 3 aliphatic rings. The fourth-order valence-electron chi connectivity index (χ4n) is 6.76. The van der Waals surface area contributed by atoms with Crippen LogP contribution in [0.3, 0.4) is 0 Å². The van der Waals surface area contributed by atoms with Crippen LogP contribution in [-0.4, -0.2) is 35.2 Å². The lowest BCUT2D eigenvalue weighted by Crippen LogP contribution is -2.46. The topological polar surface area (TPSA) is 87.1 Å². The van der Waals surface area contributed by atoms with Gasteiger partial charge in [0.25, 0.3) is 0 Å². The van der Waals surface area contributed by atoms with Gasteiger partial charge in [0, 0.05) is 0 Å². The number of carbonyl (C=O) groups is 2. The summed E-state index contributed by atoms with van der Waals surface area (Å²) in [6.07, 6.45) is -7.28. The second-order valence-corrected chi connectivity index (χ2v) is 11.6. The first kappa shape index (κ1) is 31.8. The van der Waals surface area contributed by atoms with Crippen molar-refractivity contribution in [3.05, 3.63) is 75.9 Å². The van der Waals surface area contributed by atoms with Crippen LogP contribution in [0.15, 0.2) is 59.2 Å². The molecule has 6 nitrogen and oxygen atoms in total. The maximum absolute atomic E-state index is 13.8. The van der Waals surface area contributed by atoms with Gasteiger partial charge in [-0.05, 0) is 86.3 Å². The van der Waals surface area contributed by atoms with E-state index in [1.807, 2.05) is 19.1 Å². The van der Waals surface area contributed by atoms with Crippen molar-refractivity contribution in [2.45, 2.75) is 64.3 Å². The number of fused-ring (bicyclic) bond motifs is 3. The Bertz CT molecular complexity index is 1500. The van der Waals surface area contributed by atoms with Gasteiger partial charge >= 0.3 is 19.5 Å². The molecule has 2 fully saturated rings. The minimum absolute atomic E-state index is 0.0483. The highest BCUT2D eigenvalue weighted by molar-refractivity contribution is 6.43. The summed E-state index contributed by atoms with van der Waals surface area (Å²) in [5.74, 6) is -4.39. The highest BCUT2D eigenvalue weighted by Crippen LogP contribution is 2.52. The maximum Gasteiger partial charge on any atom is 0.455 e. The zero-order valence-corrected chi connectivity index (χ0v) is 23.9. The number of alkyl halides is 6. The molecule has 13 heteroatoms. The molecule has 5 rings (SSSR count). The number of allylic oxidation sites excluding steroid dienone is 2.